The van der Waals surface area contributed by atoms with Crippen LogP contribution in [0.4, 0.5) is 0 Å². The lowest BCUT2D eigenvalue weighted by Gasteiger charge is -2.24. The maximum Gasteiger partial charge on any atom is 0.253 e. The Kier molecular flexibility index (Phi) is 4.57. The second-order valence-corrected chi connectivity index (χ2v) is 4.26. The van der Waals surface area contributed by atoms with Crippen molar-refractivity contribution in [3.8, 4) is 11.5 Å². The summed E-state index contributed by atoms with van der Waals surface area (Å²) < 4.78 is 0. The predicted octanol–water partition coefficient (Wildman–Crippen LogP) is 0.695. The Morgan fingerprint density at radius 1 is 1.42 bits per heavy atom. The van der Waals surface area contributed by atoms with Crippen LogP contribution in [-0.4, -0.2) is 45.2 Å². The van der Waals surface area contributed by atoms with Crippen LogP contribution < -0.4 is 5.73 Å². The molecule has 1 aromatic carbocycles. The molecule has 1 aromatic rings. The molecule has 0 aliphatic rings. The SMILES string of the molecule is CC(C/C(N)=N/O)N(C)C(=O)c1ccc(O)c(O)c1. The van der Waals surface area contributed by atoms with Gasteiger partial charge in [0.25, 0.3) is 5.91 Å². The summed E-state index contributed by atoms with van der Waals surface area (Å²) in [6.07, 6.45) is 0.225. The second kappa shape index (κ2) is 5.94. The third kappa shape index (κ3) is 3.51. The highest BCUT2D eigenvalue weighted by Gasteiger charge is 2.19. The van der Waals surface area contributed by atoms with E-state index in [1.165, 1.54) is 23.1 Å². The van der Waals surface area contributed by atoms with E-state index in [1.54, 1.807) is 14.0 Å². The zero-order chi connectivity index (χ0) is 14.6. The van der Waals surface area contributed by atoms with Gasteiger partial charge in [0.1, 0.15) is 5.84 Å². The number of amides is 1. The average molecular weight is 267 g/mol. The Balaban J connectivity index is 2.84. The Hall–Kier alpha value is -2.44. The third-order valence-corrected chi connectivity index (χ3v) is 2.84. The minimum Gasteiger partial charge on any atom is -0.504 e. The molecule has 0 saturated carbocycles. The molecule has 1 amide bonds. The molecule has 7 heteroatoms. The smallest absolute Gasteiger partial charge is 0.253 e. The first-order valence-electron chi connectivity index (χ1n) is 5.62. The molecule has 0 fully saturated rings. The molecule has 0 spiro atoms. The molecule has 0 heterocycles. The largest absolute Gasteiger partial charge is 0.504 e. The third-order valence-electron chi connectivity index (χ3n) is 2.84. The Morgan fingerprint density at radius 3 is 2.58 bits per heavy atom. The molecule has 19 heavy (non-hydrogen) atoms. The number of carbonyl (C=O) groups is 1. The number of nitrogens with two attached hydrogens (primary N) is 1. The van der Waals surface area contributed by atoms with Gasteiger partial charge < -0.3 is 26.1 Å². The fraction of sp³-hybridized carbons (Fsp3) is 0.333. The van der Waals surface area contributed by atoms with Gasteiger partial charge in [-0.3, -0.25) is 4.79 Å². The van der Waals surface area contributed by atoms with E-state index in [-0.39, 0.29) is 41.3 Å². The van der Waals surface area contributed by atoms with Crippen LogP contribution in [0.5, 0.6) is 11.5 Å². The van der Waals surface area contributed by atoms with E-state index in [0.29, 0.717) is 0 Å². The molecule has 1 unspecified atom stereocenters. The van der Waals surface area contributed by atoms with Crippen LogP contribution in [-0.2, 0) is 0 Å². The van der Waals surface area contributed by atoms with Gasteiger partial charge in [0.05, 0.1) is 0 Å². The number of nitrogens with zero attached hydrogens (tertiary/aromatic N) is 2. The number of amidine groups is 1. The van der Waals surface area contributed by atoms with Crippen LogP contribution in [0.25, 0.3) is 0 Å². The number of rotatable bonds is 4. The highest BCUT2D eigenvalue weighted by Crippen LogP contribution is 2.25. The summed E-state index contributed by atoms with van der Waals surface area (Å²) in [4.78, 5) is 13.5. The standard InChI is InChI=1S/C12H17N3O4/c1-7(5-11(13)14-19)15(2)12(18)8-3-4-9(16)10(17)6-8/h3-4,6-7,16-17,19H,5H2,1-2H3,(H2,13,14). The van der Waals surface area contributed by atoms with Crippen LogP contribution in [0.2, 0.25) is 0 Å². The van der Waals surface area contributed by atoms with Gasteiger partial charge in [-0.2, -0.15) is 0 Å². The number of phenols is 2. The van der Waals surface area contributed by atoms with E-state index >= 15 is 0 Å². The van der Waals surface area contributed by atoms with Crippen molar-refractivity contribution in [1.29, 1.82) is 0 Å². The predicted molar refractivity (Wildman–Crippen MR) is 69.4 cm³/mol. The number of benzene rings is 1. The van der Waals surface area contributed by atoms with Crippen molar-refractivity contribution in [2.24, 2.45) is 10.9 Å². The summed E-state index contributed by atoms with van der Waals surface area (Å²) in [6.45, 7) is 1.75. The Morgan fingerprint density at radius 2 is 2.05 bits per heavy atom. The summed E-state index contributed by atoms with van der Waals surface area (Å²) in [5.41, 5.74) is 5.62. The molecular formula is C12H17N3O4. The number of hydrogen-bond donors (Lipinski definition) is 4. The maximum absolute atomic E-state index is 12.1. The topological polar surface area (TPSA) is 119 Å². The average Bonchev–Trinajstić information content (AvgIpc) is 2.39. The van der Waals surface area contributed by atoms with Gasteiger partial charge in [0, 0.05) is 25.1 Å². The summed E-state index contributed by atoms with van der Waals surface area (Å²) in [7, 11) is 1.57. The molecule has 5 N–H and O–H groups in total. The first kappa shape index (κ1) is 14.6. The number of phenolic OH excluding ortho intramolecular Hbond substituents is 2. The molecule has 104 valence electrons. The van der Waals surface area contributed by atoms with E-state index in [4.69, 9.17) is 10.9 Å². The number of aromatic hydroxyl groups is 2. The fourth-order valence-corrected chi connectivity index (χ4v) is 1.54. The van der Waals surface area contributed by atoms with Crippen LogP contribution in [0.15, 0.2) is 23.4 Å². The van der Waals surface area contributed by atoms with Gasteiger partial charge in [-0.05, 0) is 25.1 Å². The molecule has 1 rings (SSSR count). The maximum atomic E-state index is 12.1. The van der Waals surface area contributed by atoms with E-state index in [2.05, 4.69) is 5.16 Å². The number of carbonyl (C=O) groups excluding carboxylic acids is 1. The van der Waals surface area contributed by atoms with Gasteiger partial charge in [-0.15, -0.1) is 0 Å². The van der Waals surface area contributed by atoms with E-state index in [9.17, 15) is 15.0 Å². The van der Waals surface area contributed by atoms with Crippen molar-refractivity contribution in [2.45, 2.75) is 19.4 Å². The minimum absolute atomic E-state index is 0.0284. The Labute approximate surface area is 110 Å². The van der Waals surface area contributed by atoms with Gasteiger partial charge in [-0.1, -0.05) is 5.16 Å². The lowest BCUT2D eigenvalue weighted by molar-refractivity contribution is 0.0746. The lowest BCUT2D eigenvalue weighted by atomic mass is 10.1. The zero-order valence-corrected chi connectivity index (χ0v) is 10.7. The molecule has 0 aromatic heterocycles. The van der Waals surface area contributed by atoms with Gasteiger partial charge in [-0.25, -0.2) is 0 Å². The van der Waals surface area contributed by atoms with Crippen molar-refractivity contribution in [2.75, 3.05) is 7.05 Å². The van der Waals surface area contributed by atoms with Crippen LogP contribution in [0.3, 0.4) is 0 Å². The van der Waals surface area contributed by atoms with Gasteiger partial charge >= 0.3 is 0 Å². The summed E-state index contributed by atoms with van der Waals surface area (Å²) in [5.74, 6) is -0.957. The number of oxime groups is 1. The summed E-state index contributed by atoms with van der Waals surface area (Å²) >= 11 is 0. The minimum atomic E-state index is -0.358. The van der Waals surface area contributed by atoms with Crippen molar-refractivity contribution in [3.05, 3.63) is 23.8 Å². The molecule has 0 aliphatic carbocycles. The highest BCUT2D eigenvalue weighted by atomic mass is 16.4. The summed E-state index contributed by atoms with van der Waals surface area (Å²) in [6, 6.07) is 3.55. The first-order chi connectivity index (χ1) is 8.86. The molecule has 0 aliphatic heterocycles. The molecule has 1 atom stereocenters. The van der Waals surface area contributed by atoms with Crippen LogP contribution in [0.1, 0.15) is 23.7 Å². The first-order valence-corrected chi connectivity index (χ1v) is 5.62. The fourth-order valence-electron chi connectivity index (χ4n) is 1.54. The number of hydrogen-bond acceptors (Lipinski definition) is 5. The molecule has 7 nitrogen and oxygen atoms in total. The lowest BCUT2D eigenvalue weighted by Crippen LogP contribution is -2.37. The zero-order valence-electron chi connectivity index (χ0n) is 10.7. The van der Waals surface area contributed by atoms with Crippen molar-refractivity contribution < 1.29 is 20.2 Å². The monoisotopic (exact) mass is 267 g/mol. The molecule has 0 radical (unpaired) electrons. The van der Waals surface area contributed by atoms with E-state index in [0.717, 1.165) is 0 Å². The van der Waals surface area contributed by atoms with Gasteiger partial charge in [0.2, 0.25) is 0 Å². The second-order valence-electron chi connectivity index (χ2n) is 4.26. The van der Waals surface area contributed by atoms with E-state index in [1.807, 2.05) is 0 Å². The van der Waals surface area contributed by atoms with Gasteiger partial charge in [0.15, 0.2) is 11.5 Å². The molecule has 0 bridgehead atoms. The highest BCUT2D eigenvalue weighted by molar-refractivity contribution is 5.95. The normalized spacial score (nSPS) is 13.1. The van der Waals surface area contributed by atoms with Crippen molar-refractivity contribution in [3.63, 3.8) is 0 Å². The van der Waals surface area contributed by atoms with Crippen LogP contribution >= 0.6 is 0 Å². The Bertz CT molecular complexity index is 502. The molecule has 0 saturated heterocycles. The van der Waals surface area contributed by atoms with E-state index < -0.39 is 0 Å². The van der Waals surface area contributed by atoms with Crippen molar-refractivity contribution >= 4 is 11.7 Å². The van der Waals surface area contributed by atoms with Crippen LogP contribution in [0, 0.1) is 0 Å². The quantitative estimate of drug-likeness (QED) is 0.210. The summed E-state index contributed by atoms with van der Waals surface area (Å²) in [5, 5.41) is 29.9. The molecular weight excluding hydrogens is 250 g/mol. The van der Waals surface area contributed by atoms with Crippen molar-refractivity contribution in [1.82, 2.24) is 4.90 Å².